The molecule has 0 saturated heterocycles. The SMILES string of the molecule is CCOC(=O)C1=C(c2ccccc2)N=c2s/c(=C\c3cc(Br)cc([N+](=O)[O-])c3O)c(=O)n2[C@H]1c1ccc(OC)cc1. The highest BCUT2D eigenvalue weighted by Gasteiger charge is 2.35. The van der Waals surface area contributed by atoms with E-state index in [4.69, 9.17) is 14.5 Å². The Morgan fingerprint density at radius 1 is 1.20 bits per heavy atom. The number of aromatic hydroxyl groups is 1. The number of esters is 1. The van der Waals surface area contributed by atoms with Crippen molar-refractivity contribution >= 4 is 50.7 Å². The third-order valence-corrected chi connectivity index (χ3v) is 7.81. The van der Waals surface area contributed by atoms with E-state index in [1.165, 1.54) is 29.9 Å². The minimum atomic E-state index is -0.904. The van der Waals surface area contributed by atoms with Crippen LogP contribution in [0.5, 0.6) is 11.5 Å². The molecule has 10 nitrogen and oxygen atoms in total. The second-order valence-electron chi connectivity index (χ2n) is 8.82. The number of methoxy groups -OCH3 is 1. The molecule has 0 amide bonds. The molecular weight excluding hydrogens is 614 g/mol. The first-order chi connectivity index (χ1) is 19.7. The number of thiazole rings is 1. The molecule has 2 heterocycles. The van der Waals surface area contributed by atoms with Crippen LogP contribution in [0.2, 0.25) is 0 Å². The Morgan fingerprint density at radius 3 is 2.54 bits per heavy atom. The van der Waals surface area contributed by atoms with E-state index in [0.29, 0.717) is 31.8 Å². The monoisotopic (exact) mass is 635 g/mol. The number of fused-ring (bicyclic) bond motifs is 1. The lowest BCUT2D eigenvalue weighted by Gasteiger charge is -2.26. The molecule has 0 bridgehead atoms. The number of nitrogens with zero attached hydrogens (tertiary/aromatic N) is 3. The first-order valence-electron chi connectivity index (χ1n) is 12.3. The zero-order valence-electron chi connectivity index (χ0n) is 21.7. The van der Waals surface area contributed by atoms with E-state index in [2.05, 4.69) is 15.9 Å². The summed E-state index contributed by atoms with van der Waals surface area (Å²) in [7, 11) is 1.54. The zero-order chi connectivity index (χ0) is 29.3. The quantitative estimate of drug-likeness (QED) is 0.182. The number of phenolic OH excluding ortho intramolecular Hbond substituents is 1. The van der Waals surface area contributed by atoms with Crippen LogP contribution in [0, 0.1) is 10.1 Å². The highest BCUT2D eigenvalue weighted by Crippen LogP contribution is 2.36. The summed E-state index contributed by atoms with van der Waals surface area (Å²) >= 11 is 4.26. The molecule has 5 rings (SSSR count). The maximum absolute atomic E-state index is 14.0. The number of carbonyl (C=O) groups is 1. The number of halogens is 1. The molecule has 1 aliphatic heterocycles. The maximum Gasteiger partial charge on any atom is 0.338 e. The van der Waals surface area contributed by atoms with E-state index in [9.17, 15) is 24.8 Å². The minimum absolute atomic E-state index is 0.0743. The van der Waals surface area contributed by atoms with Crippen molar-refractivity contribution < 1.29 is 24.3 Å². The van der Waals surface area contributed by atoms with Crippen LogP contribution in [0.3, 0.4) is 0 Å². The van der Waals surface area contributed by atoms with Crippen LogP contribution in [-0.4, -0.2) is 34.3 Å². The lowest BCUT2D eigenvalue weighted by molar-refractivity contribution is -0.385. The van der Waals surface area contributed by atoms with Crippen LogP contribution in [0.4, 0.5) is 5.69 Å². The molecule has 41 heavy (non-hydrogen) atoms. The molecule has 0 aliphatic carbocycles. The summed E-state index contributed by atoms with van der Waals surface area (Å²) in [6.07, 6.45) is 1.37. The molecule has 4 aromatic rings. The van der Waals surface area contributed by atoms with Crippen molar-refractivity contribution in [3.8, 4) is 11.5 Å². The van der Waals surface area contributed by atoms with E-state index in [-0.39, 0.29) is 22.3 Å². The summed E-state index contributed by atoms with van der Waals surface area (Å²) in [5.74, 6) is -0.601. The van der Waals surface area contributed by atoms with Gasteiger partial charge in [-0.05, 0) is 36.8 Å². The van der Waals surface area contributed by atoms with Gasteiger partial charge in [-0.15, -0.1) is 0 Å². The topological polar surface area (TPSA) is 133 Å². The largest absolute Gasteiger partial charge is 0.502 e. The molecular formula is C29H22BrN3O7S. The van der Waals surface area contributed by atoms with Crippen molar-refractivity contribution in [3.05, 3.63) is 123 Å². The second-order valence-corrected chi connectivity index (χ2v) is 10.7. The molecule has 3 aromatic carbocycles. The Bertz CT molecular complexity index is 1880. The number of hydrogen-bond acceptors (Lipinski definition) is 9. The van der Waals surface area contributed by atoms with E-state index in [0.717, 1.165) is 11.3 Å². The van der Waals surface area contributed by atoms with Gasteiger partial charge in [0, 0.05) is 21.7 Å². The standard InChI is InChI=1S/C29H22BrN3O7S/c1-3-40-28(36)23-24(16-7-5-4-6-8-16)31-29-32(25(23)17-9-11-20(39-2)12-10-17)27(35)22(41-29)14-18-13-19(30)15-21(26(18)34)33(37)38/h4-15,25,34H,3H2,1-2H3/b22-14-/t25-/m0/s1. The Morgan fingerprint density at radius 2 is 1.90 bits per heavy atom. The smallest absolute Gasteiger partial charge is 0.338 e. The lowest BCUT2D eigenvalue weighted by Crippen LogP contribution is -2.40. The van der Waals surface area contributed by atoms with Crippen molar-refractivity contribution in [1.29, 1.82) is 0 Å². The second kappa shape index (κ2) is 11.5. The Balaban J connectivity index is 1.83. The van der Waals surface area contributed by atoms with Crippen molar-refractivity contribution in [1.82, 2.24) is 4.57 Å². The predicted octanol–water partition coefficient (Wildman–Crippen LogP) is 4.32. The van der Waals surface area contributed by atoms with Crippen molar-refractivity contribution in [2.45, 2.75) is 13.0 Å². The number of carbonyl (C=O) groups excluding carboxylic acids is 1. The van der Waals surface area contributed by atoms with E-state index < -0.39 is 33.9 Å². The summed E-state index contributed by atoms with van der Waals surface area (Å²) in [6.45, 7) is 1.81. The summed E-state index contributed by atoms with van der Waals surface area (Å²) in [6, 6.07) is 17.8. The van der Waals surface area contributed by atoms with Crippen molar-refractivity contribution in [2.75, 3.05) is 13.7 Å². The fourth-order valence-electron chi connectivity index (χ4n) is 4.54. The van der Waals surface area contributed by atoms with E-state index in [1.54, 1.807) is 31.2 Å². The number of nitro groups is 1. The molecule has 1 atom stereocenters. The number of rotatable bonds is 7. The molecule has 208 valence electrons. The van der Waals surface area contributed by atoms with Crippen LogP contribution < -0.4 is 19.6 Å². The number of hydrogen-bond donors (Lipinski definition) is 1. The van der Waals surface area contributed by atoms with Gasteiger partial charge in [-0.25, -0.2) is 9.79 Å². The molecule has 0 radical (unpaired) electrons. The summed E-state index contributed by atoms with van der Waals surface area (Å²) in [5, 5.41) is 22.0. The van der Waals surface area contributed by atoms with Crippen molar-refractivity contribution in [2.24, 2.45) is 4.99 Å². The van der Waals surface area contributed by atoms with E-state index in [1.807, 2.05) is 30.3 Å². The fourth-order valence-corrected chi connectivity index (χ4v) is 5.99. The highest BCUT2D eigenvalue weighted by atomic mass is 79.9. The highest BCUT2D eigenvalue weighted by molar-refractivity contribution is 9.10. The van der Waals surface area contributed by atoms with E-state index >= 15 is 0 Å². The van der Waals surface area contributed by atoms with Gasteiger partial charge in [-0.3, -0.25) is 19.5 Å². The number of ether oxygens (including phenoxy) is 2. The number of aromatic nitrogens is 1. The number of benzene rings is 3. The van der Waals surface area contributed by atoms with Gasteiger partial charge in [0.2, 0.25) is 5.75 Å². The molecule has 0 unspecified atom stereocenters. The lowest BCUT2D eigenvalue weighted by atomic mass is 9.93. The van der Waals surface area contributed by atoms with Gasteiger partial charge in [-0.2, -0.15) is 0 Å². The zero-order valence-corrected chi connectivity index (χ0v) is 24.1. The molecule has 1 N–H and O–H groups in total. The Kier molecular flexibility index (Phi) is 7.86. The Hall–Kier alpha value is -4.55. The van der Waals surface area contributed by atoms with Gasteiger partial charge in [0.25, 0.3) is 5.56 Å². The van der Waals surface area contributed by atoms with Gasteiger partial charge in [0.1, 0.15) is 5.75 Å². The van der Waals surface area contributed by atoms with Crippen molar-refractivity contribution in [3.63, 3.8) is 0 Å². The van der Waals surface area contributed by atoms with Gasteiger partial charge < -0.3 is 14.6 Å². The molecule has 1 aromatic heterocycles. The molecule has 0 saturated carbocycles. The minimum Gasteiger partial charge on any atom is -0.502 e. The molecule has 0 fully saturated rings. The van der Waals surface area contributed by atoms with Gasteiger partial charge in [0.05, 0.1) is 40.5 Å². The third-order valence-electron chi connectivity index (χ3n) is 6.37. The normalized spacial score (nSPS) is 14.8. The first kappa shape index (κ1) is 28.0. The fraction of sp³-hybridized carbons (Fsp3) is 0.138. The summed E-state index contributed by atoms with van der Waals surface area (Å²) in [5.41, 5.74) is 0.890. The van der Waals surface area contributed by atoms with Crippen LogP contribution in [-0.2, 0) is 9.53 Å². The maximum atomic E-state index is 14.0. The summed E-state index contributed by atoms with van der Waals surface area (Å²) in [4.78, 5) is 43.3. The molecule has 12 heteroatoms. The number of nitro benzene ring substituents is 1. The van der Waals surface area contributed by atoms with Gasteiger partial charge in [0.15, 0.2) is 4.80 Å². The number of phenols is 1. The van der Waals surface area contributed by atoms with Crippen LogP contribution in [0.1, 0.15) is 29.7 Å². The average Bonchev–Trinajstić information content (AvgIpc) is 3.28. The van der Waals surface area contributed by atoms with Crippen LogP contribution in [0.25, 0.3) is 11.8 Å². The average molecular weight is 636 g/mol. The molecule has 1 aliphatic rings. The molecule has 0 spiro atoms. The first-order valence-corrected chi connectivity index (χ1v) is 13.9. The van der Waals surface area contributed by atoms with Gasteiger partial charge in [-0.1, -0.05) is 69.7 Å². The van der Waals surface area contributed by atoms with Crippen LogP contribution in [0.15, 0.2) is 86.6 Å². The third kappa shape index (κ3) is 5.31. The summed E-state index contributed by atoms with van der Waals surface area (Å²) < 4.78 is 12.7. The van der Waals surface area contributed by atoms with Crippen LogP contribution >= 0.6 is 27.3 Å². The predicted molar refractivity (Wildman–Crippen MR) is 157 cm³/mol. The Labute approximate surface area is 245 Å². The van der Waals surface area contributed by atoms with Gasteiger partial charge >= 0.3 is 11.7 Å².